The summed E-state index contributed by atoms with van der Waals surface area (Å²) in [7, 11) is 1.57. The second-order valence-corrected chi connectivity index (χ2v) is 4.40. The van der Waals surface area contributed by atoms with E-state index in [2.05, 4.69) is 4.98 Å². The van der Waals surface area contributed by atoms with Crippen molar-refractivity contribution in [2.24, 2.45) is 0 Å². The van der Waals surface area contributed by atoms with E-state index >= 15 is 0 Å². The van der Waals surface area contributed by atoms with Crippen molar-refractivity contribution in [3.63, 3.8) is 0 Å². The van der Waals surface area contributed by atoms with E-state index in [9.17, 15) is 5.11 Å². The first-order chi connectivity index (χ1) is 8.04. The summed E-state index contributed by atoms with van der Waals surface area (Å²) < 4.78 is 5.25. The van der Waals surface area contributed by atoms with E-state index in [-0.39, 0.29) is 0 Å². The van der Waals surface area contributed by atoms with Gasteiger partial charge in [-0.15, -0.1) is 0 Å². The van der Waals surface area contributed by atoms with Gasteiger partial charge in [0.05, 0.1) is 23.8 Å². The quantitative estimate of drug-likeness (QED) is 0.891. The van der Waals surface area contributed by atoms with Gasteiger partial charge >= 0.3 is 0 Å². The molecule has 0 aliphatic rings. The molecule has 3 nitrogen and oxygen atoms in total. The number of halogens is 1. The number of nitrogens with zero attached hydrogens (tertiary/aromatic N) is 1. The van der Waals surface area contributed by atoms with Gasteiger partial charge in [-0.2, -0.15) is 0 Å². The fourth-order valence-corrected chi connectivity index (χ4v) is 2.36. The zero-order chi connectivity index (χ0) is 12.6. The van der Waals surface area contributed by atoms with Crippen LogP contribution in [0.3, 0.4) is 0 Å². The number of pyridine rings is 1. The second kappa shape index (κ2) is 4.51. The summed E-state index contributed by atoms with van der Waals surface area (Å²) in [6.45, 7) is 3.57. The molecule has 0 radical (unpaired) electrons. The maximum atomic E-state index is 9.86. The molecule has 4 heteroatoms. The van der Waals surface area contributed by atoms with Crippen LogP contribution in [0.4, 0.5) is 0 Å². The number of aromatic nitrogens is 1. The van der Waals surface area contributed by atoms with Gasteiger partial charge in [0.1, 0.15) is 5.75 Å². The minimum atomic E-state index is -0.657. The Bertz CT molecular complexity index is 567. The van der Waals surface area contributed by atoms with Crippen LogP contribution in [0.25, 0.3) is 10.9 Å². The Kier molecular flexibility index (Phi) is 3.22. The topological polar surface area (TPSA) is 42.4 Å². The molecule has 2 aromatic rings. The number of fused-ring (bicyclic) bond motifs is 1. The maximum absolute atomic E-state index is 9.86. The largest absolute Gasteiger partial charge is 0.496 e. The molecular formula is C13H14ClNO2. The Hall–Kier alpha value is -1.32. The molecule has 0 aliphatic heterocycles. The van der Waals surface area contributed by atoms with E-state index < -0.39 is 6.10 Å². The zero-order valence-electron chi connectivity index (χ0n) is 9.99. The van der Waals surface area contributed by atoms with Crippen LogP contribution < -0.4 is 4.74 Å². The van der Waals surface area contributed by atoms with Crippen LogP contribution in [-0.4, -0.2) is 17.2 Å². The van der Waals surface area contributed by atoms with Crippen molar-refractivity contribution in [3.8, 4) is 5.75 Å². The normalized spacial score (nSPS) is 12.8. The minimum Gasteiger partial charge on any atom is -0.496 e. The number of aliphatic hydroxyl groups excluding tert-OH is 1. The Morgan fingerprint density at radius 1 is 1.41 bits per heavy atom. The van der Waals surface area contributed by atoms with Crippen LogP contribution >= 0.6 is 11.6 Å². The Balaban J connectivity index is 2.89. The molecule has 0 aliphatic carbocycles. The molecule has 1 unspecified atom stereocenters. The number of rotatable bonds is 2. The summed E-state index contributed by atoms with van der Waals surface area (Å²) in [5.41, 5.74) is 2.30. The first-order valence-corrected chi connectivity index (χ1v) is 5.74. The van der Waals surface area contributed by atoms with Crippen molar-refractivity contribution in [1.82, 2.24) is 4.98 Å². The summed E-state index contributed by atoms with van der Waals surface area (Å²) in [5.74, 6) is 0.625. The molecule has 1 aromatic heterocycles. The van der Waals surface area contributed by atoms with Crippen molar-refractivity contribution < 1.29 is 9.84 Å². The van der Waals surface area contributed by atoms with Crippen molar-refractivity contribution in [2.75, 3.05) is 7.11 Å². The molecule has 0 spiro atoms. The molecular weight excluding hydrogens is 238 g/mol. The monoisotopic (exact) mass is 251 g/mol. The summed E-state index contributed by atoms with van der Waals surface area (Å²) in [5, 5.41) is 11.2. The summed E-state index contributed by atoms with van der Waals surface area (Å²) >= 11 is 6.23. The lowest BCUT2D eigenvalue weighted by molar-refractivity contribution is 0.196. The summed E-state index contributed by atoms with van der Waals surface area (Å²) in [4.78, 5) is 4.40. The predicted octanol–water partition coefficient (Wildman–Crippen LogP) is 3.26. The fourth-order valence-electron chi connectivity index (χ4n) is 2.00. The van der Waals surface area contributed by atoms with Crippen LogP contribution in [0.15, 0.2) is 18.2 Å². The van der Waals surface area contributed by atoms with Gasteiger partial charge in [0.2, 0.25) is 0 Å². The van der Waals surface area contributed by atoms with Crippen molar-refractivity contribution in [2.45, 2.75) is 20.0 Å². The van der Waals surface area contributed by atoms with Crippen molar-refractivity contribution in [3.05, 3.63) is 34.5 Å². The standard InChI is InChI=1S/C13H14ClNO2/c1-7-6-9(14)13-10(15-7)4-5-11(17-3)12(13)8(2)16/h4-6,8,16H,1-3H3. The molecule has 1 heterocycles. The molecule has 2 rings (SSSR count). The highest BCUT2D eigenvalue weighted by Crippen LogP contribution is 2.36. The third kappa shape index (κ3) is 2.08. The third-order valence-corrected chi connectivity index (χ3v) is 2.99. The number of benzene rings is 1. The average molecular weight is 252 g/mol. The molecule has 0 amide bonds. The smallest absolute Gasteiger partial charge is 0.125 e. The van der Waals surface area contributed by atoms with Crippen molar-refractivity contribution in [1.29, 1.82) is 0 Å². The number of ether oxygens (including phenoxy) is 1. The lowest BCUT2D eigenvalue weighted by Gasteiger charge is -2.15. The van der Waals surface area contributed by atoms with E-state index in [1.807, 2.05) is 13.0 Å². The predicted molar refractivity (Wildman–Crippen MR) is 68.7 cm³/mol. The van der Waals surface area contributed by atoms with Gasteiger partial charge < -0.3 is 9.84 Å². The summed E-state index contributed by atoms with van der Waals surface area (Å²) in [6.07, 6.45) is -0.657. The molecule has 1 N–H and O–H groups in total. The fraction of sp³-hybridized carbons (Fsp3) is 0.308. The van der Waals surface area contributed by atoms with Crippen LogP contribution in [0.1, 0.15) is 24.3 Å². The Morgan fingerprint density at radius 2 is 2.12 bits per heavy atom. The molecule has 1 atom stereocenters. The van der Waals surface area contributed by atoms with Crippen LogP contribution in [-0.2, 0) is 0 Å². The molecule has 0 bridgehead atoms. The zero-order valence-corrected chi connectivity index (χ0v) is 10.7. The first-order valence-electron chi connectivity index (χ1n) is 5.36. The van der Waals surface area contributed by atoms with Crippen molar-refractivity contribution >= 4 is 22.5 Å². The van der Waals surface area contributed by atoms with E-state index in [0.717, 1.165) is 16.6 Å². The van der Waals surface area contributed by atoms with Gasteiger partial charge in [0.25, 0.3) is 0 Å². The van der Waals surface area contributed by atoms with Crippen LogP contribution in [0.2, 0.25) is 5.02 Å². The number of aryl methyl sites for hydroxylation is 1. The Morgan fingerprint density at radius 3 is 2.71 bits per heavy atom. The van der Waals surface area contributed by atoms with E-state index in [1.54, 1.807) is 26.2 Å². The van der Waals surface area contributed by atoms with Crippen LogP contribution in [0, 0.1) is 6.92 Å². The average Bonchev–Trinajstić information content (AvgIpc) is 2.27. The molecule has 90 valence electrons. The molecule has 0 fully saturated rings. The SMILES string of the molecule is COc1ccc2nc(C)cc(Cl)c2c1C(C)O. The molecule has 0 saturated carbocycles. The minimum absolute atomic E-state index is 0.585. The lowest BCUT2D eigenvalue weighted by Crippen LogP contribution is -1.99. The summed E-state index contributed by atoms with van der Waals surface area (Å²) in [6, 6.07) is 5.43. The number of aliphatic hydroxyl groups is 1. The van der Waals surface area contributed by atoms with E-state index in [1.165, 1.54) is 0 Å². The van der Waals surface area contributed by atoms with E-state index in [0.29, 0.717) is 16.3 Å². The molecule has 1 aromatic carbocycles. The van der Waals surface area contributed by atoms with Gasteiger partial charge in [0.15, 0.2) is 0 Å². The first kappa shape index (κ1) is 12.1. The van der Waals surface area contributed by atoms with Gasteiger partial charge in [-0.25, -0.2) is 0 Å². The van der Waals surface area contributed by atoms with Gasteiger partial charge in [-0.05, 0) is 32.0 Å². The maximum Gasteiger partial charge on any atom is 0.125 e. The number of methoxy groups -OCH3 is 1. The highest BCUT2D eigenvalue weighted by atomic mass is 35.5. The second-order valence-electron chi connectivity index (χ2n) is 4.00. The lowest BCUT2D eigenvalue weighted by atomic mass is 10.0. The highest BCUT2D eigenvalue weighted by molar-refractivity contribution is 6.35. The number of hydrogen-bond acceptors (Lipinski definition) is 3. The van der Waals surface area contributed by atoms with Gasteiger partial charge in [-0.1, -0.05) is 11.6 Å². The third-order valence-electron chi connectivity index (χ3n) is 2.69. The highest BCUT2D eigenvalue weighted by Gasteiger charge is 2.16. The molecule has 17 heavy (non-hydrogen) atoms. The van der Waals surface area contributed by atoms with E-state index in [4.69, 9.17) is 16.3 Å². The van der Waals surface area contributed by atoms with Crippen LogP contribution in [0.5, 0.6) is 5.75 Å². The Labute approximate surface area is 105 Å². The van der Waals surface area contributed by atoms with Gasteiger partial charge in [-0.3, -0.25) is 4.98 Å². The molecule has 0 saturated heterocycles. The van der Waals surface area contributed by atoms with Gasteiger partial charge in [0, 0.05) is 16.6 Å². The number of hydrogen-bond donors (Lipinski definition) is 1.